The number of ether oxygens (including phenoxy) is 3. The quantitative estimate of drug-likeness (QED) is 0.367. The molecular formula is C23H24N4O5S. The second-order valence-corrected chi connectivity index (χ2v) is 9.16. The predicted octanol–water partition coefficient (Wildman–Crippen LogP) is 3.60. The van der Waals surface area contributed by atoms with E-state index >= 15 is 0 Å². The second-order valence-electron chi connectivity index (χ2n) is 7.17. The Kier molecular flexibility index (Phi) is 6.45. The molecule has 0 aliphatic rings. The standard InChI is InChI=1S/C23H24N4O5S/c1-4-13-32-23-26-21-22(27(23)20-18(30-2)11-8-12-19(20)31-3)25-16(14-24-21)15-33(28,29)17-9-6-5-7-10-17/h5-12,14H,4,13,15H2,1-3H3. The molecule has 4 rings (SSSR count). The van der Waals surface area contributed by atoms with Crippen LogP contribution in [-0.4, -0.2) is 48.8 Å². The highest BCUT2D eigenvalue weighted by Crippen LogP contribution is 2.37. The van der Waals surface area contributed by atoms with Crippen LogP contribution in [0.3, 0.4) is 0 Å². The summed E-state index contributed by atoms with van der Waals surface area (Å²) in [4.78, 5) is 13.7. The van der Waals surface area contributed by atoms with Crippen LogP contribution in [-0.2, 0) is 15.6 Å². The van der Waals surface area contributed by atoms with Crippen LogP contribution in [0.15, 0.2) is 59.6 Å². The highest BCUT2D eigenvalue weighted by molar-refractivity contribution is 7.90. The summed E-state index contributed by atoms with van der Waals surface area (Å²) in [7, 11) is -0.507. The minimum atomic E-state index is -3.61. The van der Waals surface area contributed by atoms with E-state index in [2.05, 4.69) is 15.0 Å². The number of hydrogen-bond acceptors (Lipinski definition) is 8. The molecule has 0 atom stereocenters. The van der Waals surface area contributed by atoms with Crippen LogP contribution in [0.1, 0.15) is 19.0 Å². The molecule has 0 spiro atoms. The van der Waals surface area contributed by atoms with Crippen LogP contribution in [0.5, 0.6) is 17.5 Å². The number of nitrogens with zero attached hydrogens (tertiary/aromatic N) is 4. The molecule has 4 aromatic rings. The third-order valence-corrected chi connectivity index (χ3v) is 6.56. The fourth-order valence-electron chi connectivity index (χ4n) is 3.39. The minimum absolute atomic E-state index is 0.221. The summed E-state index contributed by atoms with van der Waals surface area (Å²) in [5.41, 5.74) is 1.47. The number of methoxy groups -OCH3 is 2. The van der Waals surface area contributed by atoms with Crippen molar-refractivity contribution in [2.45, 2.75) is 24.0 Å². The first-order valence-electron chi connectivity index (χ1n) is 10.3. The normalized spacial score (nSPS) is 11.5. The van der Waals surface area contributed by atoms with Crippen molar-refractivity contribution in [1.82, 2.24) is 19.5 Å². The summed E-state index contributed by atoms with van der Waals surface area (Å²) < 4.78 is 44.4. The van der Waals surface area contributed by atoms with E-state index in [1.54, 1.807) is 67.3 Å². The molecule has 0 unspecified atom stereocenters. The smallest absolute Gasteiger partial charge is 0.305 e. The van der Waals surface area contributed by atoms with Gasteiger partial charge in [-0.3, -0.25) is 0 Å². The molecule has 0 bridgehead atoms. The topological polar surface area (TPSA) is 105 Å². The Morgan fingerprint density at radius 2 is 1.64 bits per heavy atom. The van der Waals surface area contributed by atoms with E-state index in [0.717, 1.165) is 6.42 Å². The van der Waals surface area contributed by atoms with Crippen LogP contribution in [0.2, 0.25) is 0 Å². The van der Waals surface area contributed by atoms with Gasteiger partial charge in [0.2, 0.25) is 5.65 Å². The van der Waals surface area contributed by atoms with E-state index in [1.165, 1.54) is 6.20 Å². The lowest BCUT2D eigenvalue weighted by Crippen LogP contribution is -2.09. The fourth-order valence-corrected chi connectivity index (χ4v) is 4.65. The lowest BCUT2D eigenvalue weighted by molar-refractivity contribution is 0.287. The second kappa shape index (κ2) is 9.45. The third-order valence-electron chi connectivity index (χ3n) is 4.89. The number of benzene rings is 2. The first-order valence-corrected chi connectivity index (χ1v) is 12.0. The molecule has 0 radical (unpaired) electrons. The summed E-state index contributed by atoms with van der Waals surface area (Å²) >= 11 is 0. The van der Waals surface area contributed by atoms with Gasteiger partial charge in [0.1, 0.15) is 17.2 Å². The summed E-state index contributed by atoms with van der Waals surface area (Å²) in [6.45, 7) is 2.41. The largest absolute Gasteiger partial charge is 0.494 e. The van der Waals surface area contributed by atoms with E-state index in [9.17, 15) is 8.42 Å². The molecule has 0 saturated heterocycles. The first-order chi connectivity index (χ1) is 16.0. The molecule has 2 aromatic heterocycles. The Bertz CT molecular complexity index is 1350. The van der Waals surface area contributed by atoms with Crippen molar-refractivity contribution in [3.8, 4) is 23.2 Å². The molecule has 2 heterocycles. The summed E-state index contributed by atoms with van der Waals surface area (Å²) in [6, 6.07) is 13.9. The van der Waals surface area contributed by atoms with Gasteiger partial charge >= 0.3 is 6.01 Å². The van der Waals surface area contributed by atoms with Crippen LogP contribution in [0.4, 0.5) is 0 Å². The highest BCUT2D eigenvalue weighted by Gasteiger charge is 2.24. The zero-order valence-electron chi connectivity index (χ0n) is 18.6. The first kappa shape index (κ1) is 22.5. The number of sulfone groups is 1. The maximum absolute atomic E-state index is 12.9. The Balaban J connectivity index is 1.89. The van der Waals surface area contributed by atoms with E-state index in [-0.39, 0.29) is 22.4 Å². The Morgan fingerprint density at radius 1 is 0.939 bits per heavy atom. The molecule has 10 heteroatoms. The van der Waals surface area contributed by atoms with Gasteiger partial charge in [0, 0.05) is 0 Å². The summed E-state index contributed by atoms with van der Waals surface area (Å²) in [6.07, 6.45) is 2.19. The Hall–Kier alpha value is -3.66. The number of para-hydroxylation sites is 1. The number of hydrogen-bond donors (Lipinski definition) is 0. The fraction of sp³-hybridized carbons (Fsp3) is 0.261. The third kappa shape index (κ3) is 4.47. The number of rotatable bonds is 9. The van der Waals surface area contributed by atoms with Crippen molar-refractivity contribution in [2.24, 2.45) is 0 Å². The van der Waals surface area contributed by atoms with Gasteiger partial charge in [-0.2, -0.15) is 4.98 Å². The number of aromatic nitrogens is 4. The maximum Gasteiger partial charge on any atom is 0.305 e. The van der Waals surface area contributed by atoms with Gasteiger partial charge in [-0.1, -0.05) is 31.2 Å². The molecule has 2 aromatic carbocycles. The van der Waals surface area contributed by atoms with Crippen molar-refractivity contribution < 1.29 is 22.6 Å². The zero-order chi connectivity index (χ0) is 23.4. The average Bonchev–Trinajstić information content (AvgIpc) is 3.19. The minimum Gasteiger partial charge on any atom is -0.494 e. The zero-order valence-corrected chi connectivity index (χ0v) is 19.4. The molecule has 0 aliphatic carbocycles. The molecule has 0 amide bonds. The molecule has 33 heavy (non-hydrogen) atoms. The van der Waals surface area contributed by atoms with Crippen molar-refractivity contribution >= 4 is 21.1 Å². The SMILES string of the molecule is CCCOc1nc2ncc(CS(=O)(=O)c3ccccc3)nc2n1-c1c(OC)cccc1OC. The molecule has 0 fully saturated rings. The van der Waals surface area contributed by atoms with Crippen molar-refractivity contribution in [1.29, 1.82) is 0 Å². The lowest BCUT2D eigenvalue weighted by atomic mass is 10.2. The molecule has 0 aliphatic heterocycles. The van der Waals surface area contributed by atoms with Crippen molar-refractivity contribution in [3.05, 3.63) is 60.4 Å². The van der Waals surface area contributed by atoms with E-state index in [0.29, 0.717) is 35.1 Å². The van der Waals surface area contributed by atoms with Gasteiger partial charge in [-0.15, -0.1) is 0 Å². The van der Waals surface area contributed by atoms with Crippen LogP contribution in [0.25, 0.3) is 17.0 Å². The molecule has 172 valence electrons. The van der Waals surface area contributed by atoms with Gasteiger partial charge in [0.05, 0.1) is 43.4 Å². The van der Waals surface area contributed by atoms with E-state index in [1.807, 2.05) is 6.92 Å². The van der Waals surface area contributed by atoms with Crippen LogP contribution < -0.4 is 14.2 Å². The van der Waals surface area contributed by atoms with Gasteiger partial charge < -0.3 is 14.2 Å². The maximum atomic E-state index is 12.9. The summed E-state index contributed by atoms with van der Waals surface area (Å²) in [5, 5.41) is 0. The molecule has 9 nitrogen and oxygen atoms in total. The van der Waals surface area contributed by atoms with Gasteiger partial charge in [0.25, 0.3) is 0 Å². The van der Waals surface area contributed by atoms with Gasteiger partial charge in [-0.25, -0.2) is 23.0 Å². The summed E-state index contributed by atoms with van der Waals surface area (Å²) in [5.74, 6) is 0.720. The van der Waals surface area contributed by atoms with Crippen LogP contribution >= 0.6 is 0 Å². The van der Waals surface area contributed by atoms with Gasteiger partial charge in [0.15, 0.2) is 15.5 Å². The van der Waals surface area contributed by atoms with Crippen molar-refractivity contribution in [2.75, 3.05) is 20.8 Å². The van der Waals surface area contributed by atoms with Gasteiger partial charge in [-0.05, 0) is 30.7 Å². The predicted molar refractivity (Wildman–Crippen MR) is 123 cm³/mol. The highest BCUT2D eigenvalue weighted by atomic mass is 32.2. The number of fused-ring (bicyclic) bond motifs is 1. The molecular weight excluding hydrogens is 444 g/mol. The van der Waals surface area contributed by atoms with E-state index < -0.39 is 9.84 Å². The van der Waals surface area contributed by atoms with E-state index in [4.69, 9.17) is 14.2 Å². The van der Waals surface area contributed by atoms with Crippen LogP contribution in [0, 0.1) is 0 Å². The van der Waals surface area contributed by atoms with Crippen molar-refractivity contribution in [3.63, 3.8) is 0 Å². The lowest BCUT2D eigenvalue weighted by Gasteiger charge is -2.16. The number of imidazole rings is 1. The monoisotopic (exact) mass is 468 g/mol. The molecule has 0 saturated carbocycles. The average molecular weight is 469 g/mol. The molecule has 0 N–H and O–H groups in total. The Morgan fingerprint density at radius 3 is 2.27 bits per heavy atom. The Labute approximate surface area is 191 Å².